The van der Waals surface area contributed by atoms with Gasteiger partial charge in [-0.05, 0) is 32.9 Å². The van der Waals surface area contributed by atoms with Gasteiger partial charge in [-0.3, -0.25) is 14.9 Å². The number of Topliss-reactive ketones (excluding diaryl/α,β-unsaturated/α-hetero) is 1. The van der Waals surface area contributed by atoms with Crippen molar-refractivity contribution in [1.82, 2.24) is 9.97 Å². The molecule has 28 heavy (non-hydrogen) atoms. The minimum absolute atomic E-state index is 0.0389. The number of H-pyrrole nitrogens is 1. The summed E-state index contributed by atoms with van der Waals surface area (Å²) >= 11 is 1.21. The summed E-state index contributed by atoms with van der Waals surface area (Å²) in [6.45, 7) is 4.66. The maximum absolute atomic E-state index is 12.4. The third-order valence-corrected chi connectivity index (χ3v) is 4.75. The van der Waals surface area contributed by atoms with Gasteiger partial charge in [0.2, 0.25) is 11.8 Å². The Labute approximate surface area is 165 Å². The van der Waals surface area contributed by atoms with Gasteiger partial charge < -0.3 is 14.1 Å². The average molecular weight is 401 g/mol. The molecule has 1 aromatic carbocycles. The summed E-state index contributed by atoms with van der Waals surface area (Å²) in [6.07, 6.45) is 0. The highest BCUT2D eigenvalue weighted by atomic mass is 32.2. The number of esters is 1. The molecule has 2 heterocycles. The van der Waals surface area contributed by atoms with Crippen LogP contribution in [0, 0.1) is 6.92 Å². The number of aromatic amines is 1. The molecule has 0 aliphatic rings. The highest BCUT2D eigenvalue weighted by molar-refractivity contribution is 7.99. The summed E-state index contributed by atoms with van der Waals surface area (Å²) < 4.78 is 10.5. The van der Waals surface area contributed by atoms with Crippen LogP contribution in [0.25, 0.3) is 11.0 Å². The number of imidazole rings is 1. The van der Waals surface area contributed by atoms with Gasteiger partial charge >= 0.3 is 5.97 Å². The van der Waals surface area contributed by atoms with E-state index in [2.05, 4.69) is 15.3 Å². The molecule has 0 aliphatic carbocycles. The first-order chi connectivity index (χ1) is 13.4. The molecule has 0 saturated heterocycles. The normalized spacial score (nSPS) is 10.8. The van der Waals surface area contributed by atoms with Crippen molar-refractivity contribution in [2.24, 2.45) is 0 Å². The fourth-order valence-corrected chi connectivity index (χ4v) is 3.43. The van der Waals surface area contributed by atoms with Crippen molar-refractivity contribution in [3.05, 3.63) is 41.2 Å². The van der Waals surface area contributed by atoms with Crippen molar-refractivity contribution in [3.63, 3.8) is 0 Å². The zero-order valence-electron chi connectivity index (χ0n) is 15.6. The molecule has 2 N–H and O–H groups in total. The maximum atomic E-state index is 12.4. The number of nitrogens with one attached hydrogen (secondary N) is 2. The summed E-state index contributed by atoms with van der Waals surface area (Å²) in [5.41, 5.74) is 1.73. The number of fused-ring (bicyclic) bond motifs is 1. The van der Waals surface area contributed by atoms with Crippen molar-refractivity contribution in [1.29, 1.82) is 0 Å². The van der Waals surface area contributed by atoms with Crippen LogP contribution in [0.2, 0.25) is 0 Å². The Balaban J connectivity index is 1.75. The van der Waals surface area contributed by atoms with Crippen molar-refractivity contribution in [3.8, 4) is 0 Å². The van der Waals surface area contributed by atoms with E-state index in [1.54, 1.807) is 13.8 Å². The SMILES string of the molecule is CCOC(=O)c1c(NC(=O)CSc2nc3ccccc3[nH]2)oc(C)c1C(C)=O. The van der Waals surface area contributed by atoms with Gasteiger partial charge in [0.15, 0.2) is 10.9 Å². The van der Waals surface area contributed by atoms with Crippen molar-refractivity contribution < 1.29 is 23.5 Å². The van der Waals surface area contributed by atoms with E-state index in [0.717, 1.165) is 11.0 Å². The van der Waals surface area contributed by atoms with Gasteiger partial charge in [-0.2, -0.15) is 0 Å². The molecule has 8 nitrogen and oxygen atoms in total. The second kappa shape index (κ2) is 8.30. The van der Waals surface area contributed by atoms with Crippen LogP contribution in [-0.4, -0.2) is 40.0 Å². The lowest BCUT2D eigenvalue weighted by Gasteiger charge is -2.05. The van der Waals surface area contributed by atoms with Crippen molar-refractivity contribution in [2.45, 2.75) is 25.9 Å². The van der Waals surface area contributed by atoms with Gasteiger partial charge in [0.05, 0.1) is 29.0 Å². The molecule has 3 aromatic rings. The number of thioether (sulfide) groups is 1. The van der Waals surface area contributed by atoms with Crippen LogP contribution in [0.15, 0.2) is 33.8 Å². The number of rotatable bonds is 7. The summed E-state index contributed by atoms with van der Waals surface area (Å²) in [7, 11) is 0. The van der Waals surface area contributed by atoms with Crippen LogP contribution in [0.1, 0.15) is 40.3 Å². The van der Waals surface area contributed by atoms with Gasteiger partial charge in [-0.15, -0.1) is 0 Å². The Bertz CT molecular complexity index is 1020. The van der Waals surface area contributed by atoms with Gasteiger partial charge in [0.25, 0.3) is 0 Å². The van der Waals surface area contributed by atoms with E-state index in [-0.39, 0.29) is 40.9 Å². The summed E-state index contributed by atoms with van der Waals surface area (Å²) in [5, 5.41) is 3.15. The Morgan fingerprint density at radius 3 is 2.68 bits per heavy atom. The monoisotopic (exact) mass is 401 g/mol. The molecule has 146 valence electrons. The zero-order valence-corrected chi connectivity index (χ0v) is 16.4. The molecule has 3 rings (SSSR count). The summed E-state index contributed by atoms with van der Waals surface area (Å²) in [6, 6.07) is 7.54. The first-order valence-electron chi connectivity index (χ1n) is 8.59. The molecule has 0 aliphatic heterocycles. The van der Waals surface area contributed by atoms with E-state index in [1.165, 1.54) is 18.7 Å². The largest absolute Gasteiger partial charge is 0.462 e. The first kappa shape index (κ1) is 19.7. The lowest BCUT2D eigenvalue weighted by Crippen LogP contribution is -2.17. The molecule has 0 atom stereocenters. The molecular formula is C19H19N3O5S. The van der Waals surface area contributed by atoms with Crippen LogP contribution >= 0.6 is 11.8 Å². The van der Waals surface area contributed by atoms with Crippen LogP contribution in [0.4, 0.5) is 5.88 Å². The molecule has 1 amide bonds. The van der Waals surface area contributed by atoms with E-state index < -0.39 is 11.9 Å². The Kier molecular flexibility index (Phi) is 5.84. The van der Waals surface area contributed by atoms with Gasteiger partial charge in [-0.25, -0.2) is 9.78 Å². The minimum atomic E-state index is -0.718. The number of aryl methyl sites for hydroxylation is 1. The summed E-state index contributed by atoms with van der Waals surface area (Å²) in [4.78, 5) is 44.0. The Morgan fingerprint density at radius 2 is 2.00 bits per heavy atom. The number of amides is 1. The zero-order chi connectivity index (χ0) is 20.3. The molecule has 0 unspecified atom stereocenters. The van der Waals surface area contributed by atoms with E-state index in [1.807, 2.05) is 24.3 Å². The number of nitrogens with zero attached hydrogens (tertiary/aromatic N) is 1. The average Bonchev–Trinajstić information content (AvgIpc) is 3.20. The minimum Gasteiger partial charge on any atom is -0.462 e. The molecule has 0 spiro atoms. The standard InChI is InChI=1S/C19H19N3O5S/c1-4-26-18(25)16-15(10(2)23)11(3)27-17(16)22-14(24)9-28-19-20-12-7-5-6-8-13(12)21-19/h5-8H,4,9H2,1-3H3,(H,20,21)(H,22,24). The third kappa shape index (κ3) is 4.09. The molecule has 2 aromatic heterocycles. The van der Waals surface area contributed by atoms with Crippen molar-refractivity contribution in [2.75, 3.05) is 17.7 Å². The van der Waals surface area contributed by atoms with E-state index in [9.17, 15) is 14.4 Å². The van der Waals surface area contributed by atoms with E-state index >= 15 is 0 Å². The number of ether oxygens (including phenoxy) is 1. The quantitative estimate of drug-likeness (QED) is 0.353. The second-order valence-electron chi connectivity index (χ2n) is 5.91. The van der Waals surface area contributed by atoms with Crippen LogP contribution in [0.5, 0.6) is 0 Å². The lowest BCUT2D eigenvalue weighted by atomic mass is 10.1. The van der Waals surface area contributed by atoms with Crippen LogP contribution in [-0.2, 0) is 9.53 Å². The van der Waals surface area contributed by atoms with Gasteiger partial charge in [0.1, 0.15) is 11.3 Å². The number of ketones is 1. The molecule has 0 saturated carbocycles. The number of hydrogen-bond acceptors (Lipinski definition) is 7. The maximum Gasteiger partial charge on any atom is 0.344 e. The number of para-hydroxylation sites is 2. The van der Waals surface area contributed by atoms with Crippen molar-refractivity contribution >= 4 is 46.3 Å². The molecule has 0 fully saturated rings. The predicted molar refractivity (Wildman–Crippen MR) is 105 cm³/mol. The molecule has 0 radical (unpaired) electrons. The number of aromatic nitrogens is 2. The molecule has 9 heteroatoms. The number of benzene rings is 1. The molecular weight excluding hydrogens is 382 g/mol. The summed E-state index contributed by atoms with van der Waals surface area (Å²) in [5.74, 6) is -1.27. The van der Waals surface area contributed by atoms with Gasteiger partial charge in [-0.1, -0.05) is 23.9 Å². The van der Waals surface area contributed by atoms with E-state index in [0.29, 0.717) is 5.16 Å². The Hall–Kier alpha value is -3.07. The smallest absolute Gasteiger partial charge is 0.344 e. The second-order valence-corrected chi connectivity index (χ2v) is 6.87. The van der Waals surface area contributed by atoms with Crippen LogP contribution < -0.4 is 5.32 Å². The van der Waals surface area contributed by atoms with E-state index in [4.69, 9.17) is 9.15 Å². The number of hydrogen-bond donors (Lipinski definition) is 2. The first-order valence-corrected chi connectivity index (χ1v) is 9.58. The fraction of sp³-hybridized carbons (Fsp3) is 0.263. The Morgan fingerprint density at radius 1 is 1.25 bits per heavy atom. The van der Waals surface area contributed by atoms with Crippen LogP contribution in [0.3, 0.4) is 0 Å². The fourth-order valence-electron chi connectivity index (χ4n) is 2.75. The lowest BCUT2D eigenvalue weighted by molar-refractivity contribution is -0.113. The highest BCUT2D eigenvalue weighted by Crippen LogP contribution is 2.29. The topological polar surface area (TPSA) is 114 Å². The third-order valence-electron chi connectivity index (χ3n) is 3.88. The number of anilines is 1. The number of carbonyl (C=O) groups is 3. The highest BCUT2D eigenvalue weighted by Gasteiger charge is 2.28. The number of furan rings is 1. The number of carbonyl (C=O) groups excluding carboxylic acids is 3. The van der Waals surface area contributed by atoms with Gasteiger partial charge in [0, 0.05) is 0 Å². The molecule has 0 bridgehead atoms. The predicted octanol–water partition coefficient (Wildman–Crippen LogP) is 3.57.